The molecular weight excluding hydrogens is 360 g/mol. The molecule has 2 N–H and O–H groups in total. The van der Waals surface area contributed by atoms with Crippen molar-refractivity contribution in [1.29, 1.82) is 0 Å². The first kappa shape index (κ1) is 19.9. The molecule has 3 rings (SSSR count). The van der Waals surface area contributed by atoms with Crippen LogP contribution in [0.3, 0.4) is 0 Å². The maximum absolute atomic E-state index is 12.9. The van der Waals surface area contributed by atoms with Crippen LogP contribution in [0.4, 0.5) is 10.5 Å². The van der Waals surface area contributed by atoms with Crippen LogP contribution in [0.5, 0.6) is 0 Å². The number of imide groups is 1. The number of urea groups is 1. The minimum absolute atomic E-state index is 0.0486. The van der Waals surface area contributed by atoms with Gasteiger partial charge < -0.3 is 15.5 Å². The topological polar surface area (TPSA) is 98.8 Å². The summed E-state index contributed by atoms with van der Waals surface area (Å²) >= 11 is 0. The average Bonchev–Trinajstić information content (AvgIpc) is 2.89. The summed E-state index contributed by atoms with van der Waals surface area (Å²) in [6.07, 6.45) is 3.41. The number of hydrogen-bond acceptors (Lipinski definition) is 4. The zero-order chi connectivity index (χ0) is 20.5. The van der Waals surface area contributed by atoms with Crippen molar-refractivity contribution >= 4 is 29.4 Å². The van der Waals surface area contributed by atoms with Crippen molar-refractivity contribution in [2.45, 2.75) is 38.1 Å². The number of benzene rings is 1. The van der Waals surface area contributed by atoms with E-state index in [1.54, 1.807) is 38.4 Å². The number of anilines is 1. The van der Waals surface area contributed by atoms with E-state index in [0.717, 1.165) is 24.2 Å². The number of nitrogens with zero attached hydrogens (tertiary/aromatic N) is 2. The number of carbonyl (C=O) groups excluding carboxylic acids is 4. The van der Waals surface area contributed by atoms with Gasteiger partial charge in [0.25, 0.3) is 11.8 Å². The van der Waals surface area contributed by atoms with Gasteiger partial charge in [0, 0.05) is 25.3 Å². The molecule has 0 unspecified atom stereocenters. The van der Waals surface area contributed by atoms with Crippen molar-refractivity contribution in [2.24, 2.45) is 5.92 Å². The van der Waals surface area contributed by atoms with E-state index in [0.29, 0.717) is 17.7 Å². The third-order valence-electron chi connectivity index (χ3n) is 5.62. The summed E-state index contributed by atoms with van der Waals surface area (Å²) in [5.74, 6) is -0.862. The molecule has 2 fully saturated rings. The quantitative estimate of drug-likeness (QED) is 0.771. The number of carbonyl (C=O) groups is 4. The number of rotatable bonds is 4. The smallest absolute Gasteiger partial charge is 0.325 e. The molecule has 0 bridgehead atoms. The first-order chi connectivity index (χ1) is 13.2. The largest absolute Gasteiger partial charge is 0.345 e. The minimum Gasteiger partial charge on any atom is -0.345 e. The lowest BCUT2D eigenvalue weighted by molar-refractivity contribution is -0.136. The predicted molar refractivity (Wildman–Crippen MR) is 104 cm³/mol. The van der Waals surface area contributed by atoms with Gasteiger partial charge in [0.05, 0.1) is 0 Å². The van der Waals surface area contributed by atoms with E-state index in [9.17, 15) is 19.2 Å². The van der Waals surface area contributed by atoms with E-state index in [1.165, 1.54) is 4.90 Å². The first-order valence-electron chi connectivity index (χ1n) is 9.50. The van der Waals surface area contributed by atoms with Gasteiger partial charge >= 0.3 is 6.03 Å². The second-order valence-corrected chi connectivity index (χ2v) is 7.76. The summed E-state index contributed by atoms with van der Waals surface area (Å²) in [7, 11) is 3.33. The van der Waals surface area contributed by atoms with Gasteiger partial charge in [-0.15, -0.1) is 0 Å². The summed E-state index contributed by atoms with van der Waals surface area (Å²) < 4.78 is 0. The summed E-state index contributed by atoms with van der Waals surface area (Å²) in [6.45, 7) is 1.63. The van der Waals surface area contributed by atoms with Crippen LogP contribution < -0.4 is 10.6 Å². The van der Waals surface area contributed by atoms with Crippen LogP contribution in [0.2, 0.25) is 0 Å². The zero-order valence-electron chi connectivity index (χ0n) is 16.4. The molecule has 8 nitrogen and oxygen atoms in total. The molecule has 1 saturated heterocycles. The summed E-state index contributed by atoms with van der Waals surface area (Å²) in [6, 6.07) is 5.95. The van der Waals surface area contributed by atoms with E-state index in [-0.39, 0.29) is 24.3 Å². The Morgan fingerprint density at radius 3 is 2.50 bits per heavy atom. The Balaban J connectivity index is 1.64. The predicted octanol–water partition coefficient (Wildman–Crippen LogP) is 1.83. The Labute approximate surface area is 164 Å². The third-order valence-corrected chi connectivity index (χ3v) is 5.62. The molecule has 5 amide bonds. The highest BCUT2D eigenvalue weighted by Gasteiger charge is 2.55. The van der Waals surface area contributed by atoms with Gasteiger partial charge in [-0.1, -0.05) is 19.8 Å². The lowest BCUT2D eigenvalue weighted by Crippen LogP contribution is -2.54. The van der Waals surface area contributed by atoms with Crippen LogP contribution in [-0.2, 0) is 9.59 Å². The molecule has 0 aromatic heterocycles. The van der Waals surface area contributed by atoms with Crippen molar-refractivity contribution in [3.05, 3.63) is 29.8 Å². The lowest BCUT2D eigenvalue weighted by Gasteiger charge is -2.36. The van der Waals surface area contributed by atoms with Gasteiger partial charge in [0.2, 0.25) is 5.91 Å². The monoisotopic (exact) mass is 386 g/mol. The van der Waals surface area contributed by atoms with Crippen LogP contribution in [0, 0.1) is 5.92 Å². The van der Waals surface area contributed by atoms with E-state index in [1.807, 2.05) is 6.92 Å². The SMILES string of the molecule is C[C@H]1CCCC[C@]12NC(=O)N(CC(=O)Nc1ccc(C(=O)N(C)C)cc1)C2=O. The van der Waals surface area contributed by atoms with Crippen LogP contribution >= 0.6 is 0 Å². The summed E-state index contributed by atoms with van der Waals surface area (Å²) in [5.41, 5.74) is 0.127. The number of hydrogen-bond donors (Lipinski definition) is 2. The van der Waals surface area contributed by atoms with Crippen molar-refractivity contribution in [3.63, 3.8) is 0 Å². The Bertz CT molecular complexity index is 805. The number of amides is 5. The van der Waals surface area contributed by atoms with E-state index >= 15 is 0 Å². The molecule has 1 aliphatic carbocycles. The van der Waals surface area contributed by atoms with E-state index in [2.05, 4.69) is 10.6 Å². The minimum atomic E-state index is -0.871. The van der Waals surface area contributed by atoms with Gasteiger partial charge in [0.15, 0.2) is 0 Å². The van der Waals surface area contributed by atoms with Gasteiger partial charge in [-0.05, 0) is 43.0 Å². The highest BCUT2D eigenvalue weighted by molar-refractivity contribution is 6.10. The Hall–Kier alpha value is -2.90. The summed E-state index contributed by atoms with van der Waals surface area (Å²) in [4.78, 5) is 52.0. The molecule has 1 aromatic rings. The van der Waals surface area contributed by atoms with Crippen LogP contribution in [0.1, 0.15) is 43.0 Å². The van der Waals surface area contributed by atoms with E-state index in [4.69, 9.17) is 0 Å². The lowest BCUT2D eigenvalue weighted by atomic mass is 9.73. The van der Waals surface area contributed by atoms with Gasteiger partial charge in [-0.2, -0.15) is 0 Å². The Kier molecular flexibility index (Phi) is 5.40. The van der Waals surface area contributed by atoms with Gasteiger partial charge in [-0.25, -0.2) is 4.79 Å². The maximum Gasteiger partial charge on any atom is 0.325 e. The molecule has 1 heterocycles. The summed E-state index contributed by atoms with van der Waals surface area (Å²) in [5, 5.41) is 5.50. The van der Waals surface area contributed by atoms with Crippen molar-refractivity contribution in [3.8, 4) is 0 Å². The second kappa shape index (κ2) is 7.61. The van der Waals surface area contributed by atoms with Crippen LogP contribution in [0.25, 0.3) is 0 Å². The molecule has 150 valence electrons. The third kappa shape index (κ3) is 3.58. The number of nitrogens with one attached hydrogen (secondary N) is 2. The fourth-order valence-electron chi connectivity index (χ4n) is 3.94. The van der Waals surface area contributed by atoms with Crippen molar-refractivity contribution < 1.29 is 19.2 Å². The Morgan fingerprint density at radius 1 is 1.21 bits per heavy atom. The molecule has 1 saturated carbocycles. The molecule has 2 atom stereocenters. The molecule has 1 aliphatic heterocycles. The van der Waals surface area contributed by atoms with E-state index < -0.39 is 17.5 Å². The fraction of sp³-hybridized carbons (Fsp3) is 0.500. The second-order valence-electron chi connectivity index (χ2n) is 7.76. The fourth-order valence-corrected chi connectivity index (χ4v) is 3.94. The molecule has 0 radical (unpaired) electrons. The zero-order valence-corrected chi connectivity index (χ0v) is 16.4. The Morgan fingerprint density at radius 2 is 1.89 bits per heavy atom. The van der Waals surface area contributed by atoms with Gasteiger partial charge in [0.1, 0.15) is 12.1 Å². The van der Waals surface area contributed by atoms with Crippen LogP contribution in [0.15, 0.2) is 24.3 Å². The molecule has 1 spiro atoms. The molecule has 28 heavy (non-hydrogen) atoms. The highest BCUT2D eigenvalue weighted by Crippen LogP contribution is 2.38. The molecule has 1 aromatic carbocycles. The van der Waals surface area contributed by atoms with Crippen molar-refractivity contribution in [2.75, 3.05) is 26.0 Å². The molecular formula is C20H26N4O4. The van der Waals surface area contributed by atoms with Crippen molar-refractivity contribution in [1.82, 2.24) is 15.1 Å². The standard InChI is InChI=1S/C20H26N4O4/c1-13-6-4-5-11-20(13)18(27)24(19(28)22-20)12-16(25)21-15-9-7-14(8-10-15)17(26)23(2)3/h7-10,13H,4-6,11-12H2,1-3H3,(H,21,25)(H,22,28)/t13-,20-/m0/s1. The molecule has 2 aliphatic rings. The normalized spacial score (nSPS) is 24.2. The maximum atomic E-state index is 12.9. The average molecular weight is 386 g/mol. The van der Waals surface area contributed by atoms with Crippen LogP contribution in [-0.4, -0.2) is 59.7 Å². The molecule has 8 heteroatoms. The van der Waals surface area contributed by atoms with Gasteiger partial charge in [-0.3, -0.25) is 19.3 Å². The first-order valence-corrected chi connectivity index (χ1v) is 9.50. The highest BCUT2D eigenvalue weighted by atomic mass is 16.2.